The van der Waals surface area contributed by atoms with Crippen molar-refractivity contribution in [1.29, 1.82) is 5.26 Å². The Bertz CT molecular complexity index is 977. The molecule has 0 saturated carbocycles. The standard InChI is InChI=1S/C21H15N3O2/c22-14-17-12-11-16(21(26)23-18-9-5-2-6-10-18)13-19(17)24-20(25)15-7-3-1-4-8-15/h1-13H,(H,23,26)(H,24,25). The highest BCUT2D eigenvalue weighted by Crippen LogP contribution is 2.19. The molecule has 0 saturated heterocycles. The number of anilines is 2. The Hall–Kier alpha value is -3.91. The highest BCUT2D eigenvalue weighted by molar-refractivity contribution is 6.08. The van der Waals surface area contributed by atoms with Crippen LogP contribution < -0.4 is 10.6 Å². The van der Waals surface area contributed by atoms with Crippen LogP contribution in [0.25, 0.3) is 0 Å². The van der Waals surface area contributed by atoms with Gasteiger partial charge in [-0.25, -0.2) is 0 Å². The van der Waals surface area contributed by atoms with Gasteiger partial charge < -0.3 is 10.6 Å². The molecule has 0 aliphatic heterocycles. The van der Waals surface area contributed by atoms with E-state index in [0.717, 1.165) is 0 Å². The molecule has 0 radical (unpaired) electrons. The second kappa shape index (κ2) is 7.77. The summed E-state index contributed by atoms with van der Waals surface area (Å²) in [7, 11) is 0. The van der Waals surface area contributed by atoms with Crippen LogP contribution in [0.4, 0.5) is 11.4 Å². The fourth-order valence-electron chi connectivity index (χ4n) is 2.40. The number of nitrogens with one attached hydrogen (secondary N) is 2. The number of carbonyl (C=O) groups excluding carboxylic acids is 2. The molecule has 26 heavy (non-hydrogen) atoms. The summed E-state index contributed by atoms with van der Waals surface area (Å²) in [6.45, 7) is 0. The molecule has 0 heterocycles. The largest absolute Gasteiger partial charge is 0.322 e. The van der Waals surface area contributed by atoms with Gasteiger partial charge in [0.2, 0.25) is 0 Å². The summed E-state index contributed by atoms with van der Waals surface area (Å²) in [6.07, 6.45) is 0. The number of hydrogen-bond donors (Lipinski definition) is 2. The smallest absolute Gasteiger partial charge is 0.255 e. The second-order valence-corrected chi connectivity index (χ2v) is 5.51. The first-order valence-corrected chi connectivity index (χ1v) is 7.94. The molecule has 0 spiro atoms. The minimum atomic E-state index is -0.345. The molecule has 3 rings (SSSR count). The van der Waals surface area contributed by atoms with Gasteiger partial charge in [0.25, 0.3) is 11.8 Å². The van der Waals surface area contributed by atoms with E-state index in [4.69, 9.17) is 0 Å². The average Bonchev–Trinajstić information content (AvgIpc) is 2.69. The number of nitriles is 1. The third kappa shape index (κ3) is 3.94. The van der Waals surface area contributed by atoms with Crippen molar-refractivity contribution < 1.29 is 9.59 Å². The van der Waals surface area contributed by atoms with Gasteiger partial charge in [-0.3, -0.25) is 9.59 Å². The van der Waals surface area contributed by atoms with Crippen LogP contribution in [-0.4, -0.2) is 11.8 Å². The van der Waals surface area contributed by atoms with Gasteiger partial charge in [0.15, 0.2) is 0 Å². The maximum absolute atomic E-state index is 12.4. The Kier molecular flexibility index (Phi) is 5.06. The summed E-state index contributed by atoms with van der Waals surface area (Å²) in [5.74, 6) is -0.668. The molecule has 3 aromatic carbocycles. The van der Waals surface area contributed by atoms with E-state index in [2.05, 4.69) is 10.6 Å². The van der Waals surface area contributed by atoms with Crippen molar-refractivity contribution in [3.8, 4) is 6.07 Å². The van der Waals surface area contributed by atoms with Gasteiger partial charge in [-0.15, -0.1) is 0 Å². The SMILES string of the molecule is N#Cc1ccc(C(=O)Nc2ccccc2)cc1NC(=O)c1ccccc1. The Morgan fingerprint density at radius 3 is 2.00 bits per heavy atom. The lowest BCUT2D eigenvalue weighted by Gasteiger charge is -2.10. The molecule has 3 aromatic rings. The summed E-state index contributed by atoms with van der Waals surface area (Å²) in [5.41, 5.74) is 2.05. The average molecular weight is 341 g/mol. The summed E-state index contributed by atoms with van der Waals surface area (Å²) in [4.78, 5) is 24.7. The first-order chi connectivity index (χ1) is 12.7. The zero-order valence-corrected chi connectivity index (χ0v) is 13.8. The lowest BCUT2D eigenvalue weighted by molar-refractivity contribution is 0.101. The number of hydrogen-bond acceptors (Lipinski definition) is 3. The minimum Gasteiger partial charge on any atom is -0.322 e. The fourth-order valence-corrected chi connectivity index (χ4v) is 2.40. The molecular formula is C21H15N3O2. The van der Waals surface area contributed by atoms with Gasteiger partial charge in [0.1, 0.15) is 6.07 Å². The molecule has 0 bridgehead atoms. The Morgan fingerprint density at radius 2 is 1.35 bits per heavy atom. The van der Waals surface area contributed by atoms with Crippen LogP contribution in [0.2, 0.25) is 0 Å². The number of amides is 2. The topological polar surface area (TPSA) is 82.0 Å². The number of para-hydroxylation sites is 1. The van der Waals surface area contributed by atoms with Crippen molar-refractivity contribution in [2.24, 2.45) is 0 Å². The van der Waals surface area contributed by atoms with Crippen molar-refractivity contribution in [3.63, 3.8) is 0 Å². The number of nitrogens with zero attached hydrogens (tertiary/aromatic N) is 1. The fraction of sp³-hybridized carbons (Fsp3) is 0. The van der Waals surface area contributed by atoms with Gasteiger partial charge in [-0.05, 0) is 42.5 Å². The van der Waals surface area contributed by atoms with E-state index in [1.807, 2.05) is 30.3 Å². The molecule has 0 unspecified atom stereocenters. The van der Waals surface area contributed by atoms with Gasteiger partial charge in [0, 0.05) is 16.8 Å². The molecule has 2 amide bonds. The van der Waals surface area contributed by atoms with Gasteiger partial charge in [-0.1, -0.05) is 36.4 Å². The number of rotatable bonds is 4. The highest BCUT2D eigenvalue weighted by atomic mass is 16.2. The summed E-state index contributed by atoms with van der Waals surface area (Å²) < 4.78 is 0. The Morgan fingerprint density at radius 1 is 0.731 bits per heavy atom. The van der Waals surface area contributed by atoms with Crippen LogP contribution in [0, 0.1) is 11.3 Å². The van der Waals surface area contributed by atoms with Gasteiger partial charge in [-0.2, -0.15) is 5.26 Å². The lowest BCUT2D eigenvalue weighted by Crippen LogP contribution is -2.15. The maximum atomic E-state index is 12.4. The molecule has 0 fully saturated rings. The zero-order chi connectivity index (χ0) is 18.4. The van der Waals surface area contributed by atoms with Crippen LogP contribution in [0.1, 0.15) is 26.3 Å². The summed E-state index contributed by atoms with van der Waals surface area (Å²) in [5, 5.41) is 14.7. The maximum Gasteiger partial charge on any atom is 0.255 e. The number of carbonyl (C=O) groups is 2. The van der Waals surface area contributed by atoms with Crippen molar-refractivity contribution in [1.82, 2.24) is 0 Å². The molecule has 0 aliphatic rings. The van der Waals surface area contributed by atoms with Crippen LogP contribution in [0.15, 0.2) is 78.9 Å². The second-order valence-electron chi connectivity index (χ2n) is 5.51. The number of benzene rings is 3. The van der Waals surface area contributed by atoms with E-state index >= 15 is 0 Å². The summed E-state index contributed by atoms with van der Waals surface area (Å²) in [6, 6.07) is 24.3. The third-order valence-corrected chi connectivity index (χ3v) is 3.72. The zero-order valence-electron chi connectivity index (χ0n) is 13.8. The van der Waals surface area contributed by atoms with E-state index in [1.165, 1.54) is 12.1 Å². The van der Waals surface area contributed by atoms with Gasteiger partial charge in [0.05, 0.1) is 11.3 Å². The predicted molar refractivity (Wildman–Crippen MR) is 99.9 cm³/mol. The molecule has 0 aromatic heterocycles. The first-order valence-electron chi connectivity index (χ1n) is 7.94. The van der Waals surface area contributed by atoms with Crippen molar-refractivity contribution >= 4 is 23.2 Å². The Balaban J connectivity index is 1.83. The predicted octanol–water partition coefficient (Wildman–Crippen LogP) is 4.06. The molecule has 0 atom stereocenters. The lowest BCUT2D eigenvalue weighted by atomic mass is 10.1. The molecule has 2 N–H and O–H groups in total. The Labute approximate surface area is 150 Å². The first kappa shape index (κ1) is 16.9. The normalized spacial score (nSPS) is 9.81. The van der Waals surface area contributed by atoms with Crippen LogP contribution in [0.5, 0.6) is 0 Å². The summed E-state index contributed by atoms with van der Waals surface area (Å²) >= 11 is 0. The molecular weight excluding hydrogens is 326 g/mol. The van der Waals surface area contributed by atoms with Crippen LogP contribution in [0.3, 0.4) is 0 Å². The third-order valence-electron chi connectivity index (χ3n) is 3.72. The van der Waals surface area contributed by atoms with E-state index < -0.39 is 0 Å². The van der Waals surface area contributed by atoms with E-state index in [1.54, 1.807) is 42.5 Å². The van der Waals surface area contributed by atoms with E-state index in [0.29, 0.717) is 22.5 Å². The molecule has 5 nitrogen and oxygen atoms in total. The minimum absolute atomic E-state index is 0.283. The molecule has 0 aliphatic carbocycles. The molecule has 5 heteroatoms. The van der Waals surface area contributed by atoms with E-state index in [-0.39, 0.29) is 17.4 Å². The van der Waals surface area contributed by atoms with Crippen molar-refractivity contribution in [3.05, 3.63) is 95.6 Å². The van der Waals surface area contributed by atoms with Crippen molar-refractivity contribution in [2.75, 3.05) is 10.6 Å². The quantitative estimate of drug-likeness (QED) is 0.750. The van der Waals surface area contributed by atoms with Crippen LogP contribution >= 0.6 is 0 Å². The van der Waals surface area contributed by atoms with Gasteiger partial charge >= 0.3 is 0 Å². The van der Waals surface area contributed by atoms with Crippen LogP contribution in [-0.2, 0) is 0 Å². The molecule has 126 valence electrons. The van der Waals surface area contributed by atoms with E-state index in [9.17, 15) is 14.9 Å². The van der Waals surface area contributed by atoms with Crippen molar-refractivity contribution in [2.45, 2.75) is 0 Å². The highest BCUT2D eigenvalue weighted by Gasteiger charge is 2.13. The monoisotopic (exact) mass is 341 g/mol.